The largest absolute Gasteiger partial charge is 0.271 e. The summed E-state index contributed by atoms with van der Waals surface area (Å²) in [5.74, 6) is 6.22. The average molecular weight is 212 g/mol. The van der Waals surface area contributed by atoms with Gasteiger partial charge in [-0.25, -0.2) is 0 Å². The van der Waals surface area contributed by atoms with E-state index in [1.807, 2.05) is 0 Å². The number of rotatable bonds is 5. The lowest BCUT2D eigenvalue weighted by Gasteiger charge is -2.22. The number of aryl methyl sites for hydroxylation is 1. The lowest BCUT2D eigenvalue weighted by atomic mass is 9.95. The van der Waals surface area contributed by atoms with Crippen LogP contribution < -0.4 is 11.3 Å². The first kappa shape index (κ1) is 11.7. The molecule has 0 aromatic carbocycles. The Morgan fingerprint density at radius 3 is 2.71 bits per heavy atom. The summed E-state index contributed by atoms with van der Waals surface area (Å²) >= 11 is 1.79. The van der Waals surface area contributed by atoms with Crippen molar-refractivity contribution in [3.05, 3.63) is 21.9 Å². The maximum atomic E-state index is 5.62. The first-order chi connectivity index (χ1) is 6.70. The molecular formula is C11H20N2S. The number of hydrogen-bond donors (Lipinski definition) is 2. The van der Waals surface area contributed by atoms with Gasteiger partial charge in [-0.15, -0.1) is 11.3 Å². The molecule has 0 spiro atoms. The molecule has 0 saturated heterocycles. The van der Waals surface area contributed by atoms with Gasteiger partial charge in [-0.3, -0.25) is 11.3 Å². The van der Waals surface area contributed by atoms with Gasteiger partial charge in [-0.1, -0.05) is 20.3 Å². The van der Waals surface area contributed by atoms with Gasteiger partial charge < -0.3 is 0 Å². The molecule has 0 fully saturated rings. The van der Waals surface area contributed by atoms with Crippen LogP contribution in [0.25, 0.3) is 0 Å². The van der Waals surface area contributed by atoms with E-state index in [0.29, 0.717) is 12.0 Å². The number of thiophene rings is 1. The standard InChI is InChI=1S/C11H20N2S/c1-4-5-8(2)10(13-12)11-9(3)6-7-14-11/h6-8,10,13H,4-5,12H2,1-3H3. The van der Waals surface area contributed by atoms with Gasteiger partial charge in [0.05, 0.1) is 6.04 Å². The quantitative estimate of drug-likeness (QED) is 0.581. The van der Waals surface area contributed by atoms with Gasteiger partial charge in [-0.05, 0) is 36.3 Å². The Bertz CT molecular complexity index is 270. The zero-order chi connectivity index (χ0) is 10.6. The minimum absolute atomic E-state index is 0.315. The van der Waals surface area contributed by atoms with Crippen molar-refractivity contribution in [2.45, 2.75) is 39.7 Å². The lowest BCUT2D eigenvalue weighted by Crippen LogP contribution is -2.32. The molecule has 3 heteroatoms. The number of nitrogens with two attached hydrogens (primary N) is 1. The molecule has 1 heterocycles. The zero-order valence-electron chi connectivity index (χ0n) is 9.21. The van der Waals surface area contributed by atoms with E-state index in [-0.39, 0.29) is 0 Å². The van der Waals surface area contributed by atoms with Crippen molar-refractivity contribution in [3.63, 3.8) is 0 Å². The van der Waals surface area contributed by atoms with Crippen molar-refractivity contribution >= 4 is 11.3 Å². The summed E-state index contributed by atoms with van der Waals surface area (Å²) in [5, 5.41) is 2.13. The molecule has 1 aromatic rings. The van der Waals surface area contributed by atoms with E-state index in [4.69, 9.17) is 5.84 Å². The highest BCUT2D eigenvalue weighted by Crippen LogP contribution is 2.30. The third-order valence-corrected chi connectivity index (χ3v) is 3.78. The summed E-state index contributed by atoms with van der Waals surface area (Å²) in [4.78, 5) is 1.38. The van der Waals surface area contributed by atoms with Crippen LogP contribution in [0.15, 0.2) is 11.4 Å². The highest BCUT2D eigenvalue weighted by Gasteiger charge is 2.19. The Hall–Kier alpha value is -0.380. The minimum Gasteiger partial charge on any atom is -0.271 e. The molecule has 0 aliphatic carbocycles. The van der Waals surface area contributed by atoms with Crippen molar-refractivity contribution in [1.82, 2.24) is 5.43 Å². The summed E-state index contributed by atoms with van der Waals surface area (Å²) in [6.07, 6.45) is 2.43. The minimum atomic E-state index is 0.315. The van der Waals surface area contributed by atoms with Crippen LogP contribution in [0.4, 0.5) is 0 Å². The molecule has 2 unspecified atom stereocenters. The van der Waals surface area contributed by atoms with Crippen molar-refractivity contribution in [1.29, 1.82) is 0 Å². The van der Waals surface area contributed by atoms with E-state index >= 15 is 0 Å². The first-order valence-electron chi connectivity index (χ1n) is 5.20. The van der Waals surface area contributed by atoms with Crippen LogP contribution in [-0.2, 0) is 0 Å². The van der Waals surface area contributed by atoms with Crippen LogP contribution in [0.3, 0.4) is 0 Å². The molecule has 14 heavy (non-hydrogen) atoms. The lowest BCUT2D eigenvalue weighted by molar-refractivity contribution is 0.372. The normalized spacial score (nSPS) is 15.4. The van der Waals surface area contributed by atoms with Crippen LogP contribution in [0.2, 0.25) is 0 Å². The molecular weight excluding hydrogens is 192 g/mol. The number of hydrogen-bond acceptors (Lipinski definition) is 3. The molecule has 0 radical (unpaired) electrons. The monoisotopic (exact) mass is 212 g/mol. The summed E-state index contributed by atoms with van der Waals surface area (Å²) in [7, 11) is 0. The Labute approximate surface area is 90.5 Å². The molecule has 80 valence electrons. The van der Waals surface area contributed by atoms with Gasteiger partial charge in [-0.2, -0.15) is 0 Å². The van der Waals surface area contributed by atoms with E-state index in [2.05, 4.69) is 37.6 Å². The fourth-order valence-corrected chi connectivity index (χ4v) is 2.94. The highest BCUT2D eigenvalue weighted by atomic mass is 32.1. The van der Waals surface area contributed by atoms with Crippen molar-refractivity contribution in [3.8, 4) is 0 Å². The number of hydrazine groups is 1. The second-order valence-electron chi connectivity index (χ2n) is 3.88. The summed E-state index contributed by atoms with van der Waals surface area (Å²) < 4.78 is 0. The van der Waals surface area contributed by atoms with Crippen molar-refractivity contribution in [2.75, 3.05) is 0 Å². The van der Waals surface area contributed by atoms with Gasteiger partial charge in [0.1, 0.15) is 0 Å². The molecule has 2 atom stereocenters. The van der Waals surface area contributed by atoms with Crippen molar-refractivity contribution in [2.24, 2.45) is 11.8 Å². The number of nitrogens with one attached hydrogen (secondary N) is 1. The van der Waals surface area contributed by atoms with Crippen LogP contribution in [0.5, 0.6) is 0 Å². The molecule has 0 aliphatic rings. The third kappa shape index (κ3) is 2.56. The highest BCUT2D eigenvalue weighted by molar-refractivity contribution is 7.10. The maximum absolute atomic E-state index is 5.62. The van der Waals surface area contributed by atoms with E-state index < -0.39 is 0 Å². The summed E-state index contributed by atoms with van der Waals surface area (Å²) in [6, 6.07) is 2.47. The Kier molecular flexibility index (Phi) is 4.58. The van der Waals surface area contributed by atoms with Gasteiger partial charge in [0.2, 0.25) is 0 Å². The van der Waals surface area contributed by atoms with Crippen molar-refractivity contribution < 1.29 is 0 Å². The predicted molar refractivity (Wildman–Crippen MR) is 63.2 cm³/mol. The smallest absolute Gasteiger partial charge is 0.0581 e. The van der Waals surface area contributed by atoms with E-state index in [1.165, 1.54) is 23.3 Å². The first-order valence-corrected chi connectivity index (χ1v) is 6.08. The second-order valence-corrected chi connectivity index (χ2v) is 4.83. The van der Waals surface area contributed by atoms with E-state index in [1.54, 1.807) is 11.3 Å². The molecule has 0 aliphatic heterocycles. The van der Waals surface area contributed by atoms with Gasteiger partial charge in [0.15, 0.2) is 0 Å². The Morgan fingerprint density at radius 1 is 1.57 bits per heavy atom. The zero-order valence-corrected chi connectivity index (χ0v) is 10.0. The second kappa shape index (κ2) is 5.49. The van der Waals surface area contributed by atoms with Gasteiger partial charge in [0, 0.05) is 4.88 Å². The fraction of sp³-hybridized carbons (Fsp3) is 0.636. The Morgan fingerprint density at radius 2 is 2.29 bits per heavy atom. The average Bonchev–Trinajstić information content (AvgIpc) is 2.54. The maximum Gasteiger partial charge on any atom is 0.0581 e. The molecule has 1 aromatic heterocycles. The van der Waals surface area contributed by atoms with Gasteiger partial charge >= 0.3 is 0 Å². The van der Waals surface area contributed by atoms with E-state index in [0.717, 1.165) is 0 Å². The molecule has 0 saturated carbocycles. The van der Waals surface area contributed by atoms with Crippen LogP contribution in [0, 0.1) is 12.8 Å². The van der Waals surface area contributed by atoms with Gasteiger partial charge in [0.25, 0.3) is 0 Å². The van der Waals surface area contributed by atoms with Crippen LogP contribution >= 0.6 is 11.3 Å². The molecule has 0 bridgehead atoms. The third-order valence-electron chi connectivity index (χ3n) is 2.68. The molecule has 3 N–H and O–H groups in total. The molecule has 1 rings (SSSR count). The Balaban J connectivity index is 2.76. The van der Waals surface area contributed by atoms with Crippen LogP contribution in [-0.4, -0.2) is 0 Å². The predicted octanol–water partition coefficient (Wildman–Crippen LogP) is 3.00. The summed E-state index contributed by atoms with van der Waals surface area (Å²) in [6.45, 7) is 6.62. The van der Waals surface area contributed by atoms with E-state index in [9.17, 15) is 0 Å². The molecule has 0 amide bonds. The fourth-order valence-electron chi connectivity index (χ4n) is 1.82. The SMILES string of the molecule is CCCC(C)C(NN)c1sccc1C. The topological polar surface area (TPSA) is 38.0 Å². The molecule has 2 nitrogen and oxygen atoms in total. The van der Waals surface area contributed by atoms with Crippen LogP contribution in [0.1, 0.15) is 43.2 Å². The summed E-state index contributed by atoms with van der Waals surface area (Å²) in [5.41, 5.74) is 4.29.